The van der Waals surface area contributed by atoms with Crippen LogP contribution in [-0.4, -0.2) is 32.9 Å². The zero-order valence-corrected chi connectivity index (χ0v) is 16.2. The van der Waals surface area contributed by atoms with Gasteiger partial charge in [0.1, 0.15) is 0 Å². The molecule has 28 heavy (non-hydrogen) atoms. The summed E-state index contributed by atoms with van der Waals surface area (Å²) < 4.78 is 37.7. The first-order valence-electron chi connectivity index (χ1n) is 8.56. The van der Waals surface area contributed by atoms with Crippen LogP contribution in [0.2, 0.25) is 0 Å². The zero-order valence-electron chi connectivity index (χ0n) is 15.4. The van der Waals surface area contributed by atoms with Crippen molar-refractivity contribution in [1.29, 1.82) is 0 Å². The molecule has 2 aromatic carbocycles. The van der Waals surface area contributed by atoms with Gasteiger partial charge in [-0.05, 0) is 43.7 Å². The second-order valence-corrected chi connectivity index (χ2v) is 8.04. The number of hydrogen-bond acceptors (Lipinski definition) is 6. The van der Waals surface area contributed by atoms with Gasteiger partial charge in [-0.3, -0.25) is 9.59 Å². The molecule has 1 amide bonds. The molecular weight excluding hydrogens is 384 g/mol. The quantitative estimate of drug-likeness (QED) is 0.678. The van der Waals surface area contributed by atoms with Gasteiger partial charge >= 0.3 is 0 Å². The van der Waals surface area contributed by atoms with E-state index in [0.717, 1.165) is 5.56 Å². The molecule has 1 aliphatic rings. The third kappa shape index (κ3) is 4.49. The van der Waals surface area contributed by atoms with Crippen LogP contribution in [0.4, 0.5) is 0 Å². The lowest BCUT2D eigenvalue weighted by molar-refractivity contribution is -0.122. The fourth-order valence-corrected chi connectivity index (χ4v) is 3.82. The van der Waals surface area contributed by atoms with E-state index >= 15 is 0 Å². The van der Waals surface area contributed by atoms with Crippen molar-refractivity contribution in [3.05, 3.63) is 53.6 Å². The topological polar surface area (TPSA) is 111 Å². The summed E-state index contributed by atoms with van der Waals surface area (Å²) in [5, 5.41) is 2.68. The summed E-state index contributed by atoms with van der Waals surface area (Å²) in [4.78, 5) is 23.5. The molecule has 1 heterocycles. The number of nitrogens with one attached hydrogen (secondary N) is 2. The van der Waals surface area contributed by atoms with Gasteiger partial charge in [-0.15, -0.1) is 0 Å². The second kappa shape index (κ2) is 7.99. The van der Waals surface area contributed by atoms with Crippen LogP contribution in [0, 0.1) is 0 Å². The molecule has 0 saturated heterocycles. The Morgan fingerprint density at radius 1 is 1.07 bits per heavy atom. The monoisotopic (exact) mass is 404 g/mol. The molecule has 2 N–H and O–H groups in total. The average molecular weight is 404 g/mol. The van der Waals surface area contributed by atoms with Crippen LogP contribution in [0.15, 0.2) is 47.4 Å². The van der Waals surface area contributed by atoms with E-state index in [1.807, 2.05) is 0 Å². The van der Waals surface area contributed by atoms with E-state index in [1.54, 1.807) is 18.2 Å². The van der Waals surface area contributed by atoms with E-state index in [9.17, 15) is 18.0 Å². The molecular formula is C19H20N2O6S. The summed E-state index contributed by atoms with van der Waals surface area (Å²) in [5.74, 6) is 0.622. The van der Waals surface area contributed by atoms with E-state index in [2.05, 4.69) is 10.0 Å². The Balaban J connectivity index is 1.59. The third-order valence-corrected chi connectivity index (χ3v) is 5.76. The summed E-state index contributed by atoms with van der Waals surface area (Å²) in [5.41, 5.74) is 1.21. The van der Waals surface area contributed by atoms with Crippen molar-refractivity contribution in [2.24, 2.45) is 0 Å². The van der Waals surface area contributed by atoms with Crippen molar-refractivity contribution in [2.75, 3.05) is 6.79 Å². The Hall–Kier alpha value is -2.91. The highest BCUT2D eigenvalue weighted by atomic mass is 32.2. The van der Waals surface area contributed by atoms with Gasteiger partial charge < -0.3 is 14.8 Å². The number of amides is 1. The highest BCUT2D eigenvalue weighted by Gasteiger charge is 2.22. The number of fused-ring (bicyclic) bond motifs is 1. The summed E-state index contributed by atoms with van der Waals surface area (Å²) in [6, 6.07) is 9.84. The van der Waals surface area contributed by atoms with Gasteiger partial charge in [0.25, 0.3) is 0 Å². The van der Waals surface area contributed by atoms with Crippen LogP contribution in [0.25, 0.3) is 0 Å². The number of carbonyl (C=O) groups excluding carboxylic acids is 2. The van der Waals surface area contributed by atoms with E-state index < -0.39 is 22.0 Å². The molecule has 9 heteroatoms. The molecule has 8 nitrogen and oxygen atoms in total. The molecule has 0 radical (unpaired) electrons. The molecule has 0 aliphatic carbocycles. The SMILES string of the molecule is CC(=O)c1ccc(S(=O)(=O)N[C@@H](C)C(=O)NCc2ccc3c(c2)OCO3)cc1. The molecule has 0 unspecified atom stereocenters. The van der Waals surface area contributed by atoms with E-state index in [-0.39, 0.29) is 24.0 Å². The molecule has 3 rings (SSSR count). The lowest BCUT2D eigenvalue weighted by atomic mass is 10.2. The van der Waals surface area contributed by atoms with Gasteiger partial charge in [0.15, 0.2) is 17.3 Å². The van der Waals surface area contributed by atoms with Gasteiger partial charge in [0.05, 0.1) is 10.9 Å². The van der Waals surface area contributed by atoms with Gasteiger partial charge in [0, 0.05) is 12.1 Å². The second-order valence-electron chi connectivity index (χ2n) is 6.33. The zero-order chi connectivity index (χ0) is 20.3. The normalized spacial score (nSPS) is 13.8. The van der Waals surface area contributed by atoms with Crippen LogP contribution in [0.3, 0.4) is 0 Å². The van der Waals surface area contributed by atoms with Crippen molar-refractivity contribution >= 4 is 21.7 Å². The number of Topliss-reactive ketones (excluding diaryl/α,β-unsaturated/α-hetero) is 1. The van der Waals surface area contributed by atoms with Gasteiger partial charge in [0.2, 0.25) is 22.7 Å². The van der Waals surface area contributed by atoms with Gasteiger partial charge in [-0.2, -0.15) is 4.72 Å². The highest BCUT2D eigenvalue weighted by molar-refractivity contribution is 7.89. The number of benzene rings is 2. The van der Waals surface area contributed by atoms with Crippen LogP contribution < -0.4 is 19.5 Å². The number of rotatable bonds is 7. The van der Waals surface area contributed by atoms with Crippen molar-refractivity contribution in [2.45, 2.75) is 31.3 Å². The van der Waals surface area contributed by atoms with E-state index in [0.29, 0.717) is 17.1 Å². The van der Waals surface area contributed by atoms with Crippen molar-refractivity contribution < 1.29 is 27.5 Å². The average Bonchev–Trinajstić information content (AvgIpc) is 3.13. The third-order valence-electron chi connectivity index (χ3n) is 4.20. The van der Waals surface area contributed by atoms with Crippen molar-refractivity contribution in [1.82, 2.24) is 10.0 Å². The molecule has 0 spiro atoms. The summed E-state index contributed by atoms with van der Waals surface area (Å²) in [7, 11) is -3.90. The van der Waals surface area contributed by atoms with Crippen molar-refractivity contribution in [3.63, 3.8) is 0 Å². The fourth-order valence-electron chi connectivity index (χ4n) is 2.62. The maximum absolute atomic E-state index is 12.4. The predicted octanol–water partition coefficient (Wildman–Crippen LogP) is 1.60. The van der Waals surface area contributed by atoms with Gasteiger partial charge in [-0.1, -0.05) is 18.2 Å². The molecule has 0 saturated carbocycles. The summed E-state index contributed by atoms with van der Waals surface area (Å²) in [6.07, 6.45) is 0. The number of sulfonamides is 1. The number of carbonyl (C=O) groups is 2. The number of ether oxygens (including phenoxy) is 2. The maximum atomic E-state index is 12.4. The minimum absolute atomic E-state index is 0.0204. The Labute approximate surface area is 162 Å². The first-order chi connectivity index (χ1) is 13.3. The summed E-state index contributed by atoms with van der Waals surface area (Å²) >= 11 is 0. The standard InChI is InChI=1S/C19H20N2O6S/c1-12(21-28(24,25)16-6-4-15(5-7-16)13(2)22)19(23)20-10-14-3-8-17-18(9-14)27-11-26-17/h3-9,12,21H,10-11H2,1-2H3,(H,20,23)/t12-/m0/s1. The molecule has 1 aliphatic heterocycles. The lowest BCUT2D eigenvalue weighted by Gasteiger charge is -2.15. The smallest absolute Gasteiger partial charge is 0.241 e. The number of hydrogen-bond donors (Lipinski definition) is 2. The van der Waals surface area contributed by atoms with E-state index in [1.165, 1.54) is 38.1 Å². The maximum Gasteiger partial charge on any atom is 0.241 e. The molecule has 1 atom stereocenters. The molecule has 0 aromatic heterocycles. The van der Waals surface area contributed by atoms with E-state index in [4.69, 9.17) is 9.47 Å². The first-order valence-corrected chi connectivity index (χ1v) is 10.0. The fraction of sp³-hybridized carbons (Fsp3) is 0.263. The molecule has 0 bridgehead atoms. The van der Waals surface area contributed by atoms with Crippen LogP contribution in [0.5, 0.6) is 11.5 Å². The van der Waals surface area contributed by atoms with Gasteiger partial charge in [-0.25, -0.2) is 8.42 Å². The number of ketones is 1. The van der Waals surface area contributed by atoms with Crippen LogP contribution in [-0.2, 0) is 21.4 Å². The summed E-state index contributed by atoms with van der Waals surface area (Å²) in [6.45, 7) is 3.23. The van der Waals surface area contributed by atoms with Crippen molar-refractivity contribution in [3.8, 4) is 11.5 Å². The van der Waals surface area contributed by atoms with Crippen LogP contribution >= 0.6 is 0 Å². The minimum Gasteiger partial charge on any atom is -0.454 e. The molecule has 2 aromatic rings. The Morgan fingerprint density at radius 3 is 2.43 bits per heavy atom. The Morgan fingerprint density at radius 2 is 1.75 bits per heavy atom. The predicted molar refractivity (Wildman–Crippen MR) is 101 cm³/mol. The minimum atomic E-state index is -3.90. The Kier molecular flexibility index (Phi) is 5.66. The highest BCUT2D eigenvalue weighted by Crippen LogP contribution is 2.32. The first kappa shape index (κ1) is 19.8. The molecule has 0 fully saturated rings. The Bertz CT molecular complexity index is 1000. The lowest BCUT2D eigenvalue weighted by Crippen LogP contribution is -2.44. The largest absolute Gasteiger partial charge is 0.454 e. The van der Waals surface area contributed by atoms with Crippen LogP contribution in [0.1, 0.15) is 29.8 Å². The molecule has 148 valence electrons.